The van der Waals surface area contributed by atoms with Crippen molar-refractivity contribution in [1.82, 2.24) is 14.3 Å². The first-order chi connectivity index (χ1) is 16.2. The molecule has 0 atom stereocenters. The van der Waals surface area contributed by atoms with E-state index in [-0.39, 0.29) is 12.4 Å². The van der Waals surface area contributed by atoms with E-state index in [2.05, 4.69) is 5.10 Å². The summed E-state index contributed by atoms with van der Waals surface area (Å²) in [6.45, 7) is 7.26. The number of hydrogen-bond donors (Lipinski definition) is 0. The van der Waals surface area contributed by atoms with E-state index in [1.807, 2.05) is 44.4 Å². The van der Waals surface area contributed by atoms with Gasteiger partial charge in [-0.2, -0.15) is 5.10 Å². The van der Waals surface area contributed by atoms with Gasteiger partial charge in [-0.3, -0.25) is 4.79 Å². The fraction of sp³-hybridized carbons (Fsp3) is 0.192. The number of carbonyl (C=O) groups is 2. The van der Waals surface area contributed by atoms with Crippen LogP contribution in [-0.2, 0) is 4.74 Å². The van der Waals surface area contributed by atoms with E-state index in [4.69, 9.17) is 27.9 Å². The van der Waals surface area contributed by atoms with Crippen LogP contribution in [0.3, 0.4) is 0 Å². The van der Waals surface area contributed by atoms with Gasteiger partial charge in [0, 0.05) is 28.3 Å². The van der Waals surface area contributed by atoms with Crippen LogP contribution >= 0.6 is 23.2 Å². The average molecular weight is 496 g/mol. The van der Waals surface area contributed by atoms with Gasteiger partial charge >= 0.3 is 5.97 Å². The number of aryl methyl sites for hydroxylation is 3. The van der Waals surface area contributed by atoms with Gasteiger partial charge in [-0.25, -0.2) is 9.48 Å². The van der Waals surface area contributed by atoms with E-state index in [1.54, 1.807) is 47.1 Å². The standard InChI is InChI=1S/C26H23Cl2N3O3/c1-15-11-17(3)31(29-15)20-7-5-19(6-8-20)26(33)34-14-25(32)22-12-16(2)30(18(22)4)21-9-10-23(27)24(28)13-21/h5-13H,14H2,1-4H3. The quantitative estimate of drug-likeness (QED) is 0.234. The van der Waals surface area contributed by atoms with Crippen molar-refractivity contribution in [3.63, 3.8) is 0 Å². The number of esters is 1. The second-order valence-corrected chi connectivity index (χ2v) is 8.92. The number of carbonyl (C=O) groups excluding carboxylic acids is 2. The summed E-state index contributed by atoms with van der Waals surface area (Å²) in [6, 6.07) is 16.0. The third-order valence-corrected chi connectivity index (χ3v) is 6.32. The molecule has 8 heteroatoms. The number of benzene rings is 2. The predicted octanol–water partition coefficient (Wildman–Crippen LogP) is 6.24. The molecule has 0 fully saturated rings. The number of nitrogens with zero attached hydrogens (tertiary/aromatic N) is 3. The molecule has 4 rings (SSSR count). The van der Waals surface area contributed by atoms with E-state index in [0.717, 1.165) is 34.2 Å². The van der Waals surface area contributed by atoms with E-state index < -0.39 is 5.97 Å². The van der Waals surface area contributed by atoms with Gasteiger partial charge in [-0.05, 0) is 82.3 Å². The lowest BCUT2D eigenvalue weighted by atomic mass is 10.1. The Morgan fingerprint density at radius 2 is 1.53 bits per heavy atom. The SMILES string of the molecule is Cc1cc(C)n(-c2ccc(C(=O)OCC(=O)c3cc(C)n(-c4ccc(Cl)c(Cl)c4)c3C)cc2)n1. The molecule has 0 spiro atoms. The van der Waals surface area contributed by atoms with Crippen molar-refractivity contribution >= 4 is 35.0 Å². The van der Waals surface area contributed by atoms with Crippen molar-refractivity contribution in [3.8, 4) is 11.4 Å². The highest BCUT2D eigenvalue weighted by molar-refractivity contribution is 6.42. The van der Waals surface area contributed by atoms with E-state index in [1.165, 1.54) is 0 Å². The molecule has 2 aromatic carbocycles. The van der Waals surface area contributed by atoms with Gasteiger partial charge in [0.05, 0.1) is 27.0 Å². The van der Waals surface area contributed by atoms with Crippen molar-refractivity contribution in [2.75, 3.05) is 6.61 Å². The summed E-state index contributed by atoms with van der Waals surface area (Å²) in [7, 11) is 0. The number of ether oxygens (including phenoxy) is 1. The summed E-state index contributed by atoms with van der Waals surface area (Å²) >= 11 is 12.2. The molecule has 0 saturated heterocycles. The normalized spacial score (nSPS) is 11.0. The molecule has 0 aliphatic rings. The van der Waals surface area contributed by atoms with E-state index in [9.17, 15) is 9.59 Å². The van der Waals surface area contributed by atoms with Crippen LogP contribution < -0.4 is 0 Å². The van der Waals surface area contributed by atoms with Gasteiger partial charge in [0.1, 0.15) is 0 Å². The molecule has 2 heterocycles. The molecule has 2 aromatic heterocycles. The lowest BCUT2D eigenvalue weighted by molar-refractivity contribution is 0.0474. The van der Waals surface area contributed by atoms with Gasteiger partial charge in [0.25, 0.3) is 0 Å². The number of ketones is 1. The highest BCUT2D eigenvalue weighted by Crippen LogP contribution is 2.28. The average Bonchev–Trinajstić information content (AvgIpc) is 3.30. The zero-order valence-electron chi connectivity index (χ0n) is 19.2. The van der Waals surface area contributed by atoms with Gasteiger partial charge < -0.3 is 9.30 Å². The molecule has 0 saturated carbocycles. The maximum atomic E-state index is 12.8. The number of aromatic nitrogens is 3. The molecule has 0 unspecified atom stereocenters. The van der Waals surface area contributed by atoms with Crippen LogP contribution in [0.15, 0.2) is 54.6 Å². The summed E-state index contributed by atoms with van der Waals surface area (Å²) < 4.78 is 9.02. The lowest BCUT2D eigenvalue weighted by Crippen LogP contribution is -2.15. The van der Waals surface area contributed by atoms with Crippen molar-refractivity contribution in [2.24, 2.45) is 0 Å². The smallest absolute Gasteiger partial charge is 0.338 e. The van der Waals surface area contributed by atoms with Crippen LogP contribution in [0.4, 0.5) is 0 Å². The van der Waals surface area contributed by atoms with Gasteiger partial charge in [-0.1, -0.05) is 23.2 Å². The van der Waals surface area contributed by atoms with Crippen molar-refractivity contribution in [2.45, 2.75) is 27.7 Å². The molecule has 0 radical (unpaired) electrons. The summed E-state index contributed by atoms with van der Waals surface area (Å²) in [4.78, 5) is 25.4. The molecular weight excluding hydrogens is 473 g/mol. The van der Waals surface area contributed by atoms with Gasteiger partial charge in [-0.15, -0.1) is 0 Å². The molecule has 0 bridgehead atoms. The summed E-state index contributed by atoms with van der Waals surface area (Å²) in [5.74, 6) is -0.849. The maximum absolute atomic E-state index is 12.8. The summed E-state index contributed by atoms with van der Waals surface area (Å²) in [6.07, 6.45) is 0. The number of Topliss-reactive ketones (excluding diaryl/α,β-unsaturated/α-hetero) is 1. The third kappa shape index (κ3) is 4.65. The van der Waals surface area contributed by atoms with Crippen LogP contribution in [0.1, 0.15) is 43.5 Å². The zero-order chi connectivity index (χ0) is 24.6. The Hall–Kier alpha value is -3.35. The molecular formula is C26H23Cl2N3O3. The first kappa shape index (κ1) is 23.8. The Morgan fingerprint density at radius 1 is 0.853 bits per heavy atom. The molecule has 0 aliphatic carbocycles. The summed E-state index contributed by atoms with van der Waals surface area (Å²) in [5, 5.41) is 5.32. The Balaban J connectivity index is 1.46. The third-order valence-electron chi connectivity index (χ3n) is 5.58. The fourth-order valence-electron chi connectivity index (χ4n) is 3.99. The molecule has 6 nitrogen and oxygen atoms in total. The zero-order valence-corrected chi connectivity index (χ0v) is 20.7. The summed E-state index contributed by atoms with van der Waals surface area (Å²) in [5.41, 5.74) is 5.97. The first-order valence-electron chi connectivity index (χ1n) is 10.6. The molecule has 0 aliphatic heterocycles. The van der Waals surface area contributed by atoms with Crippen LogP contribution in [0, 0.1) is 27.7 Å². The van der Waals surface area contributed by atoms with E-state index >= 15 is 0 Å². The largest absolute Gasteiger partial charge is 0.454 e. The van der Waals surface area contributed by atoms with Crippen molar-refractivity contribution < 1.29 is 14.3 Å². The van der Waals surface area contributed by atoms with Crippen molar-refractivity contribution in [1.29, 1.82) is 0 Å². The second-order valence-electron chi connectivity index (χ2n) is 8.10. The number of hydrogen-bond acceptors (Lipinski definition) is 4. The van der Waals surface area contributed by atoms with Gasteiger partial charge in [0.15, 0.2) is 6.61 Å². The molecule has 174 valence electrons. The highest BCUT2D eigenvalue weighted by atomic mass is 35.5. The molecule has 34 heavy (non-hydrogen) atoms. The minimum atomic E-state index is -0.563. The van der Waals surface area contributed by atoms with Crippen LogP contribution in [0.5, 0.6) is 0 Å². The molecule has 4 aromatic rings. The topological polar surface area (TPSA) is 66.1 Å². The van der Waals surface area contributed by atoms with Crippen molar-refractivity contribution in [3.05, 3.63) is 98.5 Å². The minimum Gasteiger partial charge on any atom is -0.454 e. The van der Waals surface area contributed by atoms with Crippen LogP contribution in [0.25, 0.3) is 11.4 Å². The van der Waals surface area contributed by atoms with E-state index in [0.29, 0.717) is 21.2 Å². The first-order valence-corrected chi connectivity index (χ1v) is 11.4. The fourth-order valence-corrected chi connectivity index (χ4v) is 4.28. The Kier molecular flexibility index (Phi) is 6.64. The van der Waals surface area contributed by atoms with Crippen LogP contribution in [-0.4, -0.2) is 32.7 Å². The molecule has 0 N–H and O–H groups in total. The Labute approximate surface area is 207 Å². The number of rotatable bonds is 6. The Morgan fingerprint density at radius 3 is 2.15 bits per heavy atom. The number of halogens is 2. The highest BCUT2D eigenvalue weighted by Gasteiger charge is 2.19. The molecule has 0 amide bonds. The second kappa shape index (κ2) is 9.49. The minimum absolute atomic E-state index is 0.285. The van der Waals surface area contributed by atoms with Gasteiger partial charge in [0.2, 0.25) is 5.78 Å². The monoisotopic (exact) mass is 495 g/mol. The maximum Gasteiger partial charge on any atom is 0.338 e. The lowest BCUT2D eigenvalue weighted by Gasteiger charge is -2.11. The predicted molar refractivity (Wildman–Crippen MR) is 133 cm³/mol. The van der Waals surface area contributed by atoms with Crippen LogP contribution in [0.2, 0.25) is 10.0 Å². The Bertz CT molecular complexity index is 1400.